The summed E-state index contributed by atoms with van der Waals surface area (Å²) in [6.45, 7) is 2.90. The molecule has 0 radical (unpaired) electrons. The van der Waals surface area contributed by atoms with Gasteiger partial charge in [-0.05, 0) is 30.4 Å². The number of hydrogen-bond acceptors (Lipinski definition) is 4. The van der Waals surface area contributed by atoms with Crippen molar-refractivity contribution in [1.82, 2.24) is 9.71 Å². The summed E-state index contributed by atoms with van der Waals surface area (Å²) >= 11 is 0. The molecule has 6 heteroatoms. The topological polar surface area (TPSA) is 85.1 Å². The zero-order chi connectivity index (χ0) is 15.3. The zero-order valence-electron chi connectivity index (χ0n) is 12.6. The van der Waals surface area contributed by atoms with E-state index >= 15 is 0 Å². The van der Waals surface area contributed by atoms with Gasteiger partial charge in [-0.25, -0.2) is 13.1 Å². The largest absolute Gasteiger partial charge is 0.325 e. The lowest BCUT2D eigenvalue weighted by atomic mass is 9.81. The molecule has 1 heterocycles. The standard InChI is InChI=1S/C15H25N3O2S/c1-12-4-6-13(7-5-12)8-10-18-21(19,20)15-3-2-9-17-14(15)11-16/h2-3,9,12-13,18H,4-8,10-11,16H2,1H3. The van der Waals surface area contributed by atoms with E-state index in [4.69, 9.17) is 5.73 Å². The molecule has 1 aliphatic rings. The molecule has 2 rings (SSSR count). The lowest BCUT2D eigenvalue weighted by molar-refractivity contribution is 0.278. The molecular weight excluding hydrogens is 286 g/mol. The third-order valence-electron chi connectivity index (χ3n) is 4.31. The van der Waals surface area contributed by atoms with Crippen molar-refractivity contribution >= 4 is 10.0 Å². The van der Waals surface area contributed by atoms with Gasteiger partial charge in [0.25, 0.3) is 0 Å². The van der Waals surface area contributed by atoms with E-state index < -0.39 is 10.0 Å². The highest BCUT2D eigenvalue weighted by Gasteiger charge is 2.21. The molecule has 118 valence electrons. The van der Waals surface area contributed by atoms with Gasteiger partial charge < -0.3 is 5.73 Å². The first-order valence-electron chi connectivity index (χ1n) is 7.66. The SMILES string of the molecule is CC1CCC(CCNS(=O)(=O)c2cccnc2CN)CC1. The second kappa shape index (κ2) is 7.33. The highest BCUT2D eigenvalue weighted by atomic mass is 32.2. The van der Waals surface area contributed by atoms with Gasteiger partial charge >= 0.3 is 0 Å². The van der Waals surface area contributed by atoms with Gasteiger partial charge in [-0.2, -0.15) is 0 Å². The smallest absolute Gasteiger partial charge is 0.242 e. The van der Waals surface area contributed by atoms with Crippen molar-refractivity contribution in [3.63, 3.8) is 0 Å². The maximum atomic E-state index is 12.3. The summed E-state index contributed by atoms with van der Waals surface area (Å²) in [6.07, 6.45) is 7.41. The predicted molar refractivity (Wildman–Crippen MR) is 83.1 cm³/mol. The molecule has 0 saturated heterocycles. The van der Waals surface area contributed by atoms with Crippen LogP contribution in [0.4, 0.5) is 0 Å². The Hall–Kier alpha value is -0.980. The second-order valence-electron chi connectivity index (χ2n) is 5.96. The molecule has 1 aromatic rings. The predicted octanol–water partition coefficient (Wildman–Crippen LogP) is 2.04. The summed E-state index contributed by atoms with van der Waals surface area (Å²) in [5.41, 5.74) is 5.96. The van der Waals surface area contributed by atoms with Gasteiger partial charge in [-0.3, -0.25) is 4.98 Å². The van der Waals surface area contributed by atoms with Crippen molar-refractivity contribution in [2.75, 3.05) is 6.54 Å². The van der Waals surface area contributed by atoms with E-state index in [-0.39, 0.29) is 11.4 Å². The maximum Gasteiger partial charge on any atom is 0.242 e. The molecule has 21 heavy (non-hydrogen) atoms. The minimum Gasteiger partial charge on any atom is -0.325 e. The Morgan fingerprint density at radius 2 is 2.05 bits per heavy atom. The van der Waals surface area contributed by atoms with E-state index in [1.165, 1.54) is 25.7 Å². The summed E-state index contributed by atoms with van der Waals surface area (Å²) in [6, 6.07) is 3.18. The van der Waals surface area contributed by atoms with E-state index in [2.05, 4.69) is 16.6 Å². The minimum absolute atomic E-state index is 0.123. The fraction of sp³-hybridized carbons (Fsp3) is 0.667. The normalized spacial score (nSPS) is 23.1. The Morgan fingerprint density at radius 1 is 1.33 bits per heavy atom. The molecule has 0 aliphatic heterocycles. The van der Waals surface area contributed by atoms with Crippen molar-refractivity contribution in [3.05, 3.63) is 24.0 Å². The van der Waals surface area contributed by atoms with Crippen LogP contribution in [0.15, 0.2) is 23.2 Å². The summed E-state index contributed by atoms with van der Waals surface area (Å²) in [4.78, 5) is 4.22. The highest BCUT2D eigenvalue weighted by Crippen LogP contribution is 2.30. The van der Waals surface area contributed by atoms with Crippen molar-refractivity contribution in [2.45, 2.75) is 50.5 Å². The molecule has 0 spiro atoms. The van der Waals surface area contributed by atoms with Crippen LogP contribution in [0, 0.1) is 11.8 Å². The van der Waals surface area contributed by atoms with E-state index in [9.17, 15) is 8.42 Å². The first-order valence-corrected chi connectivity index (χ1v) is 9.15. The van der Waals surface area contributed by atoms with Gasteiger partial charge in [0.05, 0.1) is 5.69 Å². The Kier molecular flexibility index (Phi) is 5.72. The molecule has 3 N–H and O–H groups in total. The van der Waals surface area contributed by atoms with Gasteiger partial charge in [0, 0.05) is 19.3 Å². The molecule has 0 atom stereocenters. The van der Waals surface area contributed by atoms with Crippen LogP contribution >= 0.6 is 0 Å². The van der Waals surface area contributed by atoms with Crippen molar-refractivity contribution in [2.24, 2.45) is 17.6 Å². The number of pyridine rings is 1. The van der Waals surface area contributed by atoms with Crippen LogP contribution in [0.3, 0.4) is 0 Å². The van der Waals surface area contributed by atoms with Crippen LogP contribution in [0.5, 0.6) is 0 Å². The first kappa shape index (κ1) is 16.4. The molecule has 0 unspecified atom stereocenters. The van der Waals surface area contributed by atoms with Crippen LogP contribution in [0.2, 0.25) is 0 Å². The molecule has 0 aromatic carbocycles. The van der Waals surface area contributed by atoms with Crippen LogP contribution in [-0.2, 0) is 16.6 Å². The number of aromatic nitrogens is 1. The van der Waals surface area contributed by atoms with Crippen molar-refractivity contribution in [3.8, 4) is 0 Å². The Morgan fingerprint density at radius 3 is 2.71 bits per heavy atom. The summed E-state index contributed by atoms with van der Waals surface area (Å²) in [5.74, 6) is 1.47. The summed E-state index contributed by atoms with van der Waals surface area (Å²) in [7, 11) is -3.51. The second-order valence-corrected chi connectivity index (χ2v) is 7.70. The first-order chi connectivity index (χ1) is 10.0. The number of nitrogens with one attached hydrogen (secondary N) is 1. The maximum absolute atomic E-state index is 12.3. The molecule has 5 nitrogen and oxygen atoms in total. The summed E-state index contributed by atoms with van der Waals surface area (Å²) < 4.78 is 27.3. The Labute approximate surface area is 127 Å². The van der Waals surface area contributed by atoms with Gasteiger partial charge in [0.15, 0.2) is 0 Å². The molecular formula is C15H25N3O2S. The van der Waals surface area contributed by atoms with Gasteiger partial charge in [0.1, 0.15) is 4.90 Å². The monoisotopic (exact) mass is 311 g/mol. The molecule has 0 amide bonds. The third kappa shape index (κ3) is 4.49. The van der Waals surface area contributed by atoms with Crippen LogP contribution in [0.25, 0.3) is 0 Å². The van der Waals surface area contributed by atoms with E-state index in [1.54, 1.807) is 18.3 Å². The molecule has 1 saturated carbocycles. The van der Waals surface area contributed by atoms with Crippen LogP contribution < -0.4 is 10.5 Å². The van der Waals surface area contributed by atoms with Crippen molar-refractivity contribution < 1.29 is 8.42 Å². The lowest BCUT2D eigenvalue weighted by Crippen LogP contribution is -2.28. The Balaban J connectivity index is 1.89. The van der Waals surface area contributed by atoms with Gasteiger partial charge in [-0.15, -0.1) is 0 Å². The molecule has 0 bridgehead atoms. The van der Waals surface area contributed by atoms with Crippen molar-refractivity contribution in [1.29, 1.82) is 0 Å². The van der Waals surface area contributed by atoms with Gasteiger partial charge in [-0.1, -0.05) is 32.6 Å². The average Bonchev–Trinajstić information content (AvgIpc) is 2.49. The number of nitrogens with two attached hydrogens (primary N) is 1. The fourth-order valence-electron chi connectivity index (χ4n) is 2.91. The van der Waals surface area contributed by atoms with Gasteiger partial charge in [0.2, 0.25) is 10.0 Å². The van der Waals surface area contributed by atoms with E-state index in [0.717, 1.165) is 12.3 Å². The third-order valence-corrected chi connectivity index (χ3v) is 5.85. The van der Waals surface area contributed by atoms with Crippen LogP contribution in [0.1, 0.15) is 44.7 Å². The fourth-order valence-corrected chi connectivity index (χ4v) is 4.16. The lowest BCUT2D eigenvalue weighted by Gasteiger charge is -2.26. The van der Waals surface area contributed by atoms with Crippen LogP contribution in [-0.4, -0.2) is 19.9 Å². The number of sulfonamides is 1. The average molecular weight is 311 g/mol. The zero-order valence-corrected chi connectivity index (χ0v) is 13.4. The molecule has 1 fully saturated rings. The minimum atomic E-state index is -3.51. The number of hydrogen-bond donors (Lipinski definition) is 2. The van der Waals surface area contributed by atoms with E-state index in [1.807, 2.05) is 0 Å². The quantitative estimate of drug-likeness (QED) is 0.842. The molecule has 1 aromatic heterocycles. The highest BCUT2D eigenvalue weighted by molar-refractivity contribution is 7.89. The number of rotatable bonds is 6. The van der Waals surface area contributed by atoms with E-state index in [0.29, 0.717) is 18.2 Å². The summed E-state index contributed by atoms with van der Waals surface area (Å²) in [5, 5.41) is 0. The molecule has 1 aliphatic carbocycles. The Bertz CT molecular complexity index is 552. The number of nitrogens with zero attached hydrogens (tertiary/aromatic N) is 1.